The largest absolute Gasteiger partial charge is 0.505 e. The summed E-state index contributed by atoms with van der Waals surface area (Å²) in [5.74, 6) is 0.145. The summed E-state index contributed by atoms with van der Waals surface area (Å²) in [6.07, 6.45) is 1.12. The molecule has 1 fully saturated rings. The van der Waals surface area contributed by atoms with Gasteiger partial charge in [0, 0.05) is 38.1 Å². The molecule has 1 amide bonds. The van der Waals surface area contributed by atoms with Crippen LogP contribution in [-0.2, 0) is 0 Å². The second-order valence-corrected chi connectivity index (χ2v) is 9.01. The fourth-order valence-electron chi connectivity index (χ4n) is 4.69. The maximum atomic E-state index is 13.3. The van der Waals surface area contributed by atoms with Gasteiger partial charge < -0.3 is 19.5 Å². The Hall–Kier alpha value is -4.14. The molecule has 1 N–H and O–H groups in total. The zero-order chi connectivity index (χ0) is 24.7. The number of rotatable bonds is 3. The van der Waals surface area contributed by atoms with E-state index in [1.54, 1.807) is 48.4 Å². The summed E-state index contributed by atoms with van der Waals surface area (Å²) < 4.78 is 12.7. The molecule has 0 atom stereocenters. The summed E-state index contributed by atoms with van der Waals surface area (Å²) in [7, 11) is 1.55. The molecule has 1 saturated heterocycles. The van der Waals surface area contributed by atoms with Crippen molar-refractivity contribution in [3.8, 4) is 22.9 Å². The normalized spacial score (nSPS) is 16.5. The Morgan fingerprint density at radius 3 is 2.60 bits per heavy atom. The number of piperidine rings is 1. The van der Waals surface area contributed by atoms with Crippen LogP contribution in [0.4, 0.5) is 0 Å². The van der Waals surface area contributed by atoms with Crippen molar-refractivity contribution in [2.24, 2.45) is 0 Å². The highest BCUT2D eigenvalue weighted by molar-refractivity contribution is 6.00. The summed E-state index contributed by atoms with van der Waals surface area (Å²) in [6, 6.07) is 13.3. The lowest BCUT2D eigenvalue weighted by Gasteiger charge is -2.43. The van der Waals surface area contributed by atoms with Gasteiger partial charge in [-0.1, -0.05) is 12.1 Å². The highest BCUT2D eigenvalue weighted by atomic mass is 16.5. The number of aromatic nitrogens is 2. The van der Waals surface area contributed by atoms with Crippen LogP contribution in [0.3, 0.4) is 0 Å². The number of methoxy groups -OCH3 is 1. The molecule has 9 heteroatoms. The predicted octanol–water partition coefficient (Wildman–Crippen LogP) is 2.90. The average molecular weight is 476 g/mol. The molecule has 0 unspecified atom stereocenters. The third-order valence-electron chi connectivity index (χ3n) is 6.62. The Bertz CT molecular complexity index is 1390. The van der Waals surface area contributed by atoms with Gasteiger partial charge in [0.2, 0.25) is 0 Å². The van der Waals surface area contributed by atoms with E-state index in [9.17, 15) is 19.5 Å². The first-order valence-electron chi connectivity index (χ1n) is 11.4. The number of benzene rings is 2. The number of amides is 1. The van der Waals surface area contributed by atoms with Crippen LogP contribution in [-0.4, -0.2) is 57.3 Å². The Balaban J connectivity index is 1.36. The molecule has 0 saturated carbocycles. The summed E-state index contributed by atoms with van der Waals surface area (Å²) in [4.78, 5) is 40.1. The van der Waals surface area contributed by atoms with E-state index in [-0.39, 0.29) is 17.9 Å². The maximum Gasteiger partial charge on any atom is 0.278 e. The van der Waals surface area contributed by atoms with Crippen LogP contribution in [0.2, 0.25) is 0 Å². The molecule has 1 spiro atoms. The quantitative estimate of drug-likeness (QED) is 0.620. The topological polar surface area (TPSA) is 111 Å². The number of carbonyl (C=O) groups is 2. The molecular formula is C26H25N3O6. The molecule has 1 aromatic heterocycles. The van der Waals surface area contributed by atoms with Crippen LogP contribution in [0.1, 0.15) is 45.7 Å². The number of carbonyl (C=O) groups excluding carboxylic acids is 2. The van der Waals surface area contributed by atoms with Gasteiger partial charge in [0.15, 0.2) is 17.2 Å². The molecule has 5 rings (SSSR count). The molecule has 9 nitrogen and oxygen atoms in total. The average Bonchev–Trinajstić information content (AvgIpc) is 2.84. The van der Waals surface area contributed by atoms with Gasteiger partial charge >= 0.3 is 0 Å². The maximum absolute atomic E-state index is 13.3. The number of aryl methyl sites for hydroxylation is 1. The minimum Gasteiger partial charge on any atom is -0.505 e. The van der Waals surface area contributed by atoms with Crippen molar-refractivity contribution in [2.75, 3.05) is 20.2 Å². The number of aromatic hydroxyl groups is 1. The fourth-order valence-corrected chi connectivity index (χ4v) is 4.69. The fraction of sp³-hybridized carbons (Fsp3) is 0.308. The number of hydrogen-bond donors (Lipinski definition) is 1. The minimum absolute atomic E-state index is 0.00165. The highest BCUT2D eigenvalue weighted by Crippen LogP contribution is 2.41. The Morgan fingerprint density at radius 2 is 1.89 bits per heavy atom. The molecule has 3 heterocycles. The van der Waals surface area contributed by atoms with Crippen molar-refractivity contribution in [1.29, 1.82) is 0 Å². The van der Waals surface area contributed by atoms with E-state index in [0.29, 0.717) is 48.7 Å². The molecule has 35 heavy (non-hydrogen) atoms. The monoisotopic (exact) mass is 475 g/mol. The predicted molar refractivity (Wildman–Crippen MR) is 127 cm³/mol. The van der Waals surface area contributed by atoms with E-state index in [4.69, 9.17) is 9.47 Å². The summed E-state index contributed by atoms with van der Waals surface area (Å²) in [5, 5.41) is 14.5. The lowest BCUT2D eigenvalue weighted by molar-refractivity contribution is -0.00604. The lowest BCUT2D eigenvalue weighted by Crippen LogP contribution is -2.52. The molecular weight excluding hydrogens is 450 g/mol. The van der Waals surface area contributed by atoms with Crippen molar-refractivity contribution < 1.29 is 24.2 Å². The smallest absolute Gasteiger partial charge is 0.278 e. The summed E-state index contributed by atoms with van der Waals surface area (Å²) in [5.41, 5.74) is 0.526. The molecule has 0 bridgehead atoms. The third-order valence-corrected chi connectivity index (χ3v) is 6.62. The number of fused-ring (bicyclic) bond motifs is 1. The van der Waals surface area contributed by atoms with Gasteiger partial charge in [-0.3, -0.25) is 14.4 Å². The number of Topliss-reactive ketones (excluding diaryl/α,β-unsaturated/α-hetero) is 1. The van der Waals surface area contributed by atoms with E-state index >= 15 is 0 Å². The first-order valence-corrected chi connectivity index (χ1v) is 11.4. The molecule has 2 aliphatic heterocycles. The van der Waals surface area contributed by atoms with Gasteiger partial charge in [-0.15, -0.1) is 0 Å². The van der Waals surface area contributed by atoms with E-state index in [1.165, 1.54) is 0 Å². The van der Waals surface area contributed by atoms with Gasteiger partial charge in [0.05, 0.1) is 24.8 Å². The van der Waals surface area contributed by atoms with Gasteiger partial charge in [0.1, 0.15) is 17.1 Å². The van der Waals surface area contributed by atoms with E-state index in [2.05, 4.69) is 5.10 Å². The van der Waals surface area contributed by atoms with Crippen LogP contribution < -0.4 is 15.0 Å². The number of ether oxygens (including phenoxy) is 2. The zero-order valence-corrected chi connectivity index (χ0v) is 19.5. The Morgan fingerprint density at radius 1 is 1.11 bits per heavy atom. The Kier molecular flexibility index (Phi) is 5.55. The van der Waals surface area contributed by atoms with Crippen molar-refractivity contribution in [3.05, 3.63) is 75.7 Å². The highest BCUT2D eigenvalue weighted by Gasteiger charge is 2.44. The van der Waals surface area contributed by atoms with Gasteiger partial charge in [-0.2, -0.15) is 9.78 Å². The van der Waals surface area contributed by atoms with Crippen molar-refractivity contribution in [1.82, 2.24) is 14.7 Å². The number of ketones is 1. The standard InChI is InChI=1S/C26H25N3O6/c1-16-4-3-5-17(12-16)29-23(32)14-20(30)24(27-29)25(33)28-10-8-26(9-11-28)15-21(31)19-7-6-18(34-2)13-22(19)35-26/h3-7,12-14,30H,8-11,15H2,1-2H3. The lowest BCUT2D eigenvalue weighted by atomic mass is 9.82. The van der Waals surface area contributed by atoms with Crippen LogP contribution in [0.25, 0.3) is 5.69 Å². The van der Waals surface area contributed by atoms with Crippen LogP contribution in [0.5, 0.6) is 17.2 Å². The zero-order valence-electron chi connectivity index (χ0n) is 19.5. The minimum atomic E-state index is -0.705. The number of likely N-dealkylation sites (tertiary alicyclic amines) is 1. The first kappa shape index (κ1) is 22.6. The molecule has 2 aliphatic rings. The van der Waals surface area contributed by atoms with Crippen molar-refractivity contribution in [3.63, 3.8) is 0 Å². The Labute approximate surface area is 201 Å². The van der Waals surface area contributed by atoms with E-state index < -0.39 is 22.8 Å². The first-order chi connectivity index (χ1) is 16.8. The van der Waals surface area contributed by atoms with Crippen LogP contribution in [0.15, 0.2) is 53.3 Å². The number of hydrogen-bond acceptors (Lipinski definition) is 7. The van der Waals surface area contributed by atoms with E-state index in [1.807, 2.05) is 13.0 Å². The summed E-state index contributed by atoms with van der Waals surface area (Å²) >= 11 is 0. The summed E-state index contributed by atoms with van der Waals surface area (Å²) in [6.45, 7) is 2.52. The molecule has 180 valence electrons. The van der Waals surface area contributed by atoms with E-state index in [0.717, 1.165) is 16.3 Å². The van der Waals surface area contributed by atoms with Crippen molar-refractivity contribution in [2.45, 2.75) is 31.8 Å². The SMILES string of the molecule is COc1ccc2c(c1)OC1(CCN(C(=O)c3nn(-c4cccc(C)c4)c(=O)cc3O)CC1)CC2=O. The molecule has 0 aliphatic carbocycles. The second kappa shape index (κ2) is 8.57. The second-order valence-electron chi connectivity index (χ2n) is 9.01. The van der Waals surface area contributed by atoms with Gasteiger partial charge in [-0.25, -0.2) is 0 Å². The van der Waals surface area contributed by atoms with Crippen LogP contribution in [0, 0.1) is 6.92 Å². The van der Waals surface area contributed by atoms with Gasteiger partial charge in [0.25, 0.3) is 11.5 Å². The molecule has 3 aromatic rings. The van der Waals surface area contributed by atoms with Gasteiger partial charge in [-0.05, 0) is 36.8 Å². The van der Waals surface area contributed by atoms with Crippen LogP contribution >= 0.6 is 0 Å². The number of nitrogens with zero attached hydrogens (tertiary/aromatic N) is 3. The van der Waals surface area contributed by atoms with Crippen molar-refractivity contribution >= 4 is 11.7 Å². The molecule has 0 radical (unpaired) electrons. The third kappa shape index (κ3) is 4.14. The molecule has 2 aromatic carbocycles.